The molecule has 164 valence electrons. The third-order valence-electron chi connectivity index (χ3n) is 5.27. The number of alkyl halides is 3. The highest BCUT2D eigenvalue weighted by Crippen LogP contribution is 2.46. The van der Waals surface area contributed by atoms with E-state index in [1.807, 2.05) is 6.07 Å². The minimum atomic E-state index is -4.57. The van der Waals surface area contributed by atoms with Gasteiger partial charge in [0.15, 0.2) is 0 Å². The van der Waals surface area contributed by atoms with E-state index in [4.69, 9.17) is 22.0 Å². The van der Waals surface area contributed by atoms with Crippen LogP contribution in [0.25, 0.3) is 11.1 Å². The van der Waals surface area contributed by atoms with E-state index < -0.39 is 35.4 Å². The van der Waals surface area contributed by atoms with Crippen molar-refractivity contribution in [2.75, 3.05) is 0 Å². The first kappa shape index (κ1) is 23.3. The van der Waals surface area contributed by atoms with Gasteiger partial charge in [0.05, 0.1) is 23.1 Å². The Morgan fingerprint density at radius 3 is 2.16 bits per heavy atom. The minimum Gasteiger partial charge on any atom is -0.478 e. The molecule has 3 rings (SSSR count). The molecule has 2 atom stereocenters. The van der Waals surface area contributed by atoms with Gasteiger partial charge in [-0.25, -0.2) is 9.18 Å². The van der Waals surface area contributed by atoms with Crippen LogP contribution < -0.4 is 0 Å². The molecule has 3 aromatic rings. The van der Waals surface area contributed by atoms with Crippen LogP contribution in [0.1, 0.15) is 45.8 Å². The molecule has 0 radical (unpaired) electrons. The van der Waals surface area contributed by atoms with Crippen LogP contribution in [0.5, 0.6) is 0 Å². The predicted molar refractivity (Wildman–Crippen MR) is 112 cm³/mol. The second kappa shape index (κ2) is 9.01. The lowest BCUT2D eigenvalue weighted by Crippen LogP contribution is -2.26. The van der Waals surface area contributed by atoms with Gasteiger partial charge in [0, 0.05) is 5.02 Å². The van der Waals surface area contributed by atoms with Crippen LogP contribution in [0.15, 0.2) is 60.7 Å². The Balaban J connectivity index is 2.00. The van der Waals surface area contributed by atoms with Crippen LogP contribution in [0, 0.1) is 17.1 Å². The molecule has 0 fully saturated rings. The topological polar surface area (TPSA) is 61.1 Å². The lowest BCUT2D eigenvalue weighted by molar-refractivity contribution is -0.154. The van der Waals surface area contributed by atoms with Crippen LogP contribution in [0.3, 0.4) is 0 Å². The Hall–Kier alpha value is -3.37. The highest BCUT2D eigenvalue weighted by molar-refractivity contribution is 6.31. The van der Waals surface area contributed by atoms with Gasteiger partial charge < -0.3 is 5.11 Å². The molecule has 0 amide bonds. The maximum atomic E-state index is 14.0. The molecule has 8 heteroatoms. The molecule has 0 heterocycles. The number of aromatic carboxylic acids is 1. The van der Waals surface area contributed by atoms with Crippen molar-refractivity contribution in [3.05, 3.63) is 93.8 Å². The first-order valence-electron chi connectivity index (χ1n) is 9.42. The summed E-state index contributed by atoms with van der Waals surface area (Å²) >= 11 is 6.34. The molecule has 0 bridgehead atoms. The van der Waals surface area contributed by atoms with E-state index in [-0.39, 0.29) is 21.7 Å². The molecule has 1 N–H and O–H groups in total. The molecular weight excluding hydrogens is 446 g/mol. The molecule has 0 spiro atoms. The van der Waals surface area contributed by atoms with E-state index in [1.165, 1.54) is 55.5 Å². The van der Waals surface area contributed by atoms with Gasteiger partial charge in [-0.05, 0) is 58.5 Å². The summed E-state index contributed by atoms with van der Waals surface area (Å²) in [7, 11) is 0. The first-order chi connectivity index (χ1) is 15.0. The fraction of sp³-hybridized carbons (Fsp3) is 0.167. The Labute approximate surface area is 186 Å². The number of nitriles is 1. The van der Waals surface area contributed by atoms with Crippen molar-refractivity contribution in [3.8, 4) is 17.2 Å². The monoisotopic (exact) mass is 461 g/mol. The highest BCUT2D eigenvalue weighted by Gasteiger charge is 2.45. The normalized spacial score (nSPS) is 13.3. The number of hydrogen-bond acceptors (Lipinski definition) is 2. The van der Waals surface area contributed by atoms with Crippen molar-refractivity contribution in [1.82, 2.24) is 0 Å². The molecule has 0 aliphatic rings. The van der Waals surface area contributed by atoms with E-state index >= 15 is 0 Å². The summed E-state index contributed by atoms with van der Waals surface area (Å²) in [6, 6.07) is 15.0. The van der Waals surface area contributed by atoms with Crippen molar-refractivity contribution in [2.45, 2.75) is 24.9 Å². The van der Waals surface area contributed by atoms with Gasteiger partial charge in [0.1, 0.15) is 5.82 Å². The number of nitrogens with zero attached hydrogens (tertiary/aromatic N) is 1. The van der Waals surface area contributed by atoms with E-state index in [0.717, 1.165) is 12.1 Å². The zero-order chi connectivity index (χ0) is 23.6. The summed E-state index contributed by atoms with van der Waals surface area (Å²) in [6.07, 6.45) is -4.57. The van der Waals surface area contributed by atoms with Crippen molar-refractivity contribution >= 4 is 17.6 Å². The number of benzene rings is 3. The molecular formula is C24H16ClF4NO2. The second-order valence-electron chi connectivity index (χ2n) is 7.28. The zero-order valence-corrected chi connectivity index (χ0v) is 17.4. The van der Waals surface area contributed by atoms with Gasteiger partial charge in [0.25, 0.3) is 0 Å². The molecule has 0 aliphatic heterocycles. The third-order valence-corrected chi connectivity index (χ3v) is 5.60. The highest BCUT2D eigenvalue weighted by atomic mass is 35.5. The van der Waals surface area contributed by atoms with E-state index in [1.54, 1.807) is 0 Å². The quantitative estimate of drug-likeness (QED) is 0.410. The molecule has 3 aromatic carbocycles. The van der Waals surface area contributed by atoms with E-state index in [9.17, 15) is 22.4 Å². The number of hydrogen-bond donors (Lipinski definition) is 1. The van der Waals surface area contributed by atoms with Gasteiger partial charge >= 0.3 is 12.1 Å². The van der Waals surface area contributed by atoms with E-state index in [0.29, 0.717) is 11.1 Å². The maximum Gasteiger partial charge on any atom is 0.396 e. The number of carboxylic acid groups (broad SMARTS) is 1. The van der Waals surface area contributed by atoms with Gasteiger partial charge in [-0.15, -0.1) is 0 Å². The van der Waals surface area contributed by atoms with Crippen molar-refractivity contribution < 1.29 is 27.5 Å². The Kier molecular flexibility index (Phi) is 6.56. The Morgan fingerprint density at radius 2 is 1.62 bits per heavy atom. The number of carbonyl (C=O) groups is 1. The van der Waals surface area contributed by atoms with Gasteiger partial charge in [-0.2, -0.15) is 18.4 Å². The van der Waals surface area contributed by atoms with E-state index in [2.05, 4.69) is 0 Å². The first-order valence-corrected chi connectivity index (χ1v) is 9.80. The molecule has 0 saturated carbocycles. The standard InChI is InChI=1S/C24H16ClF4NO2/c1-13(22(24(27,28)29)15-4-2-14(12-30)3-5-15)18-8-6-17(11-20(18)25)16-7-9-21(26)19(10-16)23(31)32/h2-11,13,22H,1H3,(H,31,32). The molecule has 0 aliphatic carbocycles. The summed E-state index contributed by atoms with van der Waals surface area (Å²) < 4.78 is 55.5. The molecule has 2 unspecified atom stereocenters. The van der Waals surface area contributed by atoms with Crippen molar-refractivity contribution in [3.63, 3.8) is 0 Å². The molecule has 0 aromatic heterocycles. The predicted octanol–water partition coefficient (Wildman–Crippen LogP) is 7.17. The van der Waals surface area contributed by atoms with Crippen LogP contribution in [-0.2, 0) is 0 Å². The third kappa shape index (κ3) is 4.76. The smallest absolute Gasteiger partial charge is 0.396 e. The summed E-state index contributed by atoms with van der Waals surface area (Å²) in [5.41, 5.74) is 0.801. The second-order valence-corrected chi connectivity index (χ2v) is 7.69. The summed E-state index contributed by atoms with van der Waals surface area (Å²) in [4.78, 5) is 11.2. The average molecular weight is 462 g/mol. The lowest BCUT2D eigenvalue weighted by atomic mass is 9.81. The SMILES string of the molecule is CC(c1ccc(-c2ccc(F)c(C(=O)O)c2)cc1Cl)C(c1ccc(C#N)cc1)C(F)(F)F. The summed E-state index contributed by atoms with van der Waals surface area (Å²) in [5.74, 6) is -5.24. The fourth-order valence-corrected chi connectivity index (χ4v) is 4.00. The zero-order valence-electron chi connectivity index (χ0n) is 16.6. The van der Waals surface area contributed by atoms with Gasteiger partial charge in [0.2, 0.25) is 0 Å². The largest absolute Gasteiger partial charge is 0.478 e. The molecule has 32 heavy (non-hydrogen) atoms. The van der Waals surface area contributed by atoms with Gasteiger partial charge in [-0.3, -0.25) is 0 Å². The van der Waals surface area contributed by atoms with Crippen LogP contribution in [0.2, 0.25) is 5.02 Å². The Morgan fingerprint density at radius 1 is 1.03 bits per heavy atom. The van der Waals surface area contributed by atoms with Crippen LogP contribution in [0.4, 0.5) is 17.6 Å². The summed E-state index contributed by atoms with van der Waals surface area (Å²) in [6.45, 7) is 1.41. The molecule has 0 saturated heterocycles. The molecule has 3 nitrogen and oxygen atoms in total. The van der Waals surface area contributed by atoms with Crippen LogP contribution in [-0.4, -0.2) is 17.3 Å². The van der Waals surface area contributed by atoms with Crippen molar-refractivity contribution in [2.24, 2.45) is 0 Å². The number of halogens is 5. The van der Waals surface area contributed by atoms with Crippen LogP contribution >= 0.6 is 11.6 Å². The Bertz CT molecular complexity index is 1200. The minimum absolute atomic E-state index is 0.00813. The lowest BCUT2D eigenvalue weighted by Gasteiger charge is -2.28. The average Bonchev–Trinajstić information content (AvgIpc) is 2.73. The fourth-order valence-electron chi connectivity index (χ4n) is 3.65. The van der Waals surface area contributed by atoms with Gasteiger partial charge in [-0.1, -0.05) is 48.9 Å². The number of carboxylic acids is 1. The van der Waals surface area contributed by atoms with Crippen molar-refractivity contribution in [1.29, 1.82) is 5.26 Å². The maximum absolute atomic E-state index is 14.0. The summed E-state index contributed by atoms with van der Waals surface area (Å²) in [5, 5.41) is 18.1. The number of rotatable bonds is 5.